The summed E-state index contributed by atoms with van der Waals surface area (Å²) in [5.41, 5.74) is 1.20. The van der Waals surface area contributed by atoms with Gasteiger partial charge < -0.3 is 4.74 Å². The number of hydrogen-bond donors (Lipinski definition) is 0. The second kappa shape index (κ2) is 8.46. The van der Waals surface area contributed by atoms with E-state index in [0.29, 0.717) is 10.8 Å². The Morgan fingerprint density at radius 1 is 0.964 bits per heavy atom. The number of rotatable bonds is 6. The van der Waals surface area contributed by atoms with Crippen LogP contribution in [0.25, 0.3) is 0 Å². The lowest BCUT2D eigenvalue weighted by Crippen LogP contribution is -2.37. The van der Waals surface area contributed by atoms with Gasteiger partial charge in [-0.2, -0.15) is 0 Å². The third-order valence-corrected chi connectivity index (χ3v) is 5.98. The van der Waals surface area contributed by atoms with Gasteiger partial charge in [0, 0.05) is 5.02 Å². The summed E-state index contributed by atoms with van der Waals surface area (Å²) in [6, 6.07) is 21.2. The average Bonchev–Trinajstić information content (AvgIpc) is 2.67. The smallest absolute Gasteiger partial charge is 0.332 e. The van der Waals surface area contributed by atoms with Crippen molar-refractivity contribution in [1.82, 2.24) is 0 Å². The minimum Gasteiger partial charge on any atom is -0.425 e. The quantitative estimate of drug-likeness (QED) is 0.440. The summed E-state index contributed by atoms with van der Waals surface area (Å²) in [7, 11) is -4.00. The van der Waals surface area contributed by atoms with Crippen LogP contribution in [0, 0.1) is 6.92 Å². The van der Waals surface area contributed by atoms with E-state index in [2.05, 4.69) is 0 Å². The molecule has 0 aliphatic rings. The van der Waals surface area contributed by atoms with Gasteiger partial charge in [0.1, 0.15) is 12.3 Å². The molecule has 5 nitrogen and oxygen atoms in total. The third kappa shape index (κ3) is 4.71. The number of hydrogen-bond acceptors (Lipinski definition) is 4. The van der Waals surface area contributed by atoms with Crippen LogP contribution in [-0.4, -0.2) is 20.9 Å². The van der Waals surface area contributed by atoms with Crippen molar-refractivity contribution >= 4 is 33.3 Å². The number of esters is 1. The fraction of sp³-hybridized carbons (Fsp3) is 0.0952. The number of benzene rings is 3. The zero-order chi connectivity index (χ0) is 20.1. The number of halogens is 1. The van der Waals surface area contributed by atoms with Crippen molar-refractivity contribution in [2.24, 2.45) is 0 Å². The van der Waals surface area contributed by atoms with Gasteiger partial charge in [0.05, 0.1) is 10.6 Å². The van der Waals surface area contributed by atoms with Crippen LogP contribution < -0.4 is 9.04 Å². The molecule has 0 fully saturated rings. The molecule has 0 unspecified atom stereocenters. The summed E-state index contributed by atoms with van der Waals surface area (Å²) in [5.74, 6) is -0.367. The number of sulfonamides is 1. The molecular formula is C21H18ClNO4S. The van der Waals surface area contributed by atoms with E-state index in [4.69, 9.17) is 16.3 Å². The fourth-order valence-electron chi connectivity index (χ4n) is 2.55. The lowest BCUT2D eigenvalue weighted by atomic mass is 10.2. The molecule has 0 radical (unpaired) electrons. The Balaban J connectivity index is 1.95. The molecule has 0 aromatic heterocycles. The Morgan fingerprint density at radius 2 is 1.64 bits per heavy atom. The second-order valence-corrected chi connectivity index (χ2v) is 8.39. The van der Waals surface area contributed by atoms with Gasteiger partial charge in [-0.15, -0.1) is 0 Å². The highest BCUT2D eigenvalue weighted by Gasteiger charge is 2.28. The molecule has 0 amide bonds. The average molecular weight is 416 g/mol. The molecule has 144 valence electrons. The highest BCUT2D eigenvalue weighted by molar-refractivity contribution is 7.92. The number of carbonyl (C=O) groups is 1. The molecule has 3 rings (SSSR count). The largest absolute Gasteiger partial charge is 0.425 e. The number of aryl methyl sites for hydroxylation is 1. The summed E-state index contributed by atoms with van der Waals surface area (Å²) in [5, 5.41) is 0.359. The lowest BCUT2D eigenvalue weighted by Gasteiger charge is -2.24. The van der Waals surface area contributed by atoms with Crippen molar-refractivity contribution in [2.45, 2.75) is 11.8 Å². The highest BCUT2D eigenvalue weighted by Crippen LogP contribution is 2.26. The monoisotopic (exact) mass is 415 g/mol. The zero-order valence-electron chi connectivity index (χ0n) is 15.1. The highest BCUT2D eigenvalue weighted by atomic mass is 35.5. The summed E-state index contributed by atoms with van der Waals surface area (Å²) >= 11 is 6.03. The van der Waals surface area contributed by atoms with E-state index in [1.807, 2.05) is 6.92 Å². The van der Waals surface area contributed by atoms with Crippen LogP contribution >= 0.6 is 11.6 Å². The first kappa shape index (κ1) is 19.9. The predicted molar refractivity (Wildman–Crippen MR) is 109 cm³/mol. The fourth-order valence-corrected chi connectivity index (χ4v) is 4.14. The van der Waals surface area contributed by atoms with Gasteiger partial charge in [-0.25, -0.2) is 13.2 Å². The first-order valence-corrected chi connectivity index (χ1v) is 10.3. The number of nitrogens with zero attached hydrogens (tertiary/aromatic N) is 1. The Bertz CT molecular complexity index is 1070. The van der Waals surface area contributed by atoms with Crippen molar-refractivity contribution < 1.29 is 17.9 Å². The molecule has 7 heteroatoms. The van der Waals surface area contributed by atoms with Crippen LogP contribution in [0.1, 0.15) is 5.56 Å². The Morgan fingerprint density at radius 3 is 2.29 bits per heavy atom. The molecule has 0 aliphatic heterocycles. The van der Waals surface area contributed by atoms with E-state index in [9.17, 15) is 13.2 Å². The van der Waals surface area contributed by atoms with Crippen LogP contribution in [0.5, 0.6) is 5.75 Å². The van der Waals surface area contributed by atoms with Crippen molar-refractivity contribution in [3.05, 3.63) is 89.4 Å². The molecule has 0 bridgehead atoms. The predicted octanol–water partition coefficient (Wildman–Crippen LogP) is 4.45. The van der Waals surface area contributed by atoms with Crippen molar-refractivity contribution in [1.29, 1.82) is 0 Å². The molecule has 0 N–H and O–H groups in total. The molecule has 3 aromatic carbocycles. The maximum absolute atomic E-state index is 13.2. The zero-order valence-corrected chi connectivity index (χ0v) is 16.7. The van der Waals surface area contributed by atoms with Crippen LogP contribution in [0.15, 0.2) is 83.8 Å². The van der Waals surface area contributed by atoms with E-state index in [1.165, 1.54) is 18.2 Å². The van der Waals surface area contributed by atoms with Crippen LogP contribution in [0.2, 0.25) is 5.02 Å². The van der Waals surface area contributed by atoms with Gasteiger partial charge in [-0.05, 0) is 49.4 Å². The molecule has 0 aliphatic carbocycles. The Hall–Kier alpha value is -2.83. The molecular weight excluding hydrogens is 398 g/mol. The van der Waals surface area contributed by atoms with Gasteiger partial charge in [0.2, 0.25) is 0 Å². The minimum absolute atomic E-state index is 0.0746. The van der Waals surface area contributed by atoms with Gasteiger partial charge >= 0.3 is 5.97 Å². The van der Waals surface area contributed by atoms with Crippen LogP contribution in [-0.2, 0) is 14.8 Å². The SMILES string of the molecule is Cc1ccc(S(=O)(=O)N(CC(=O)Oc2ccccc2)c2cccc(Cl)c2)cc1. The topological polar surface area (TPSA) is 63.7 Å². The van der Waals surface area contributed by atoms with Crippen LogP contribution in [0.3, 0.4) is 0 Å². The van der Waals surface area contributed by atoms with Gasteiger partial charge in [-0.1, -0.05) is 53.6 Å². The molecule has 0 saturated heterocycles. The van der Waals surface area contributed by atoms with E-state index < -0.39 is 22.5 Å². The van der Waals surface area contributed by atoms with E-state index in [-0.39, 0.29) is 10.6 Å². The van der Waals surface area contributed by atoms with E-state index in [0.717, 1.165) is 9.87 Å². The van der Waals surface area contributed by atoms with Crippen molar-refractivity contribution in [3.8, 4) is 5.75 Å². The summed E-state index contributed by atoms with van der Waals surface area (Å²) in [6.45, 7) is 1.37. The maximum atomic E-state index is 13.2. The van der Waals surface area contributed by atoms with Gasteiger partial charge in [0.25, 0.3) is 10.0 Å². The number of anilines is 1. The normalized spacial score (nSPS) is 11.1. The Kier molecular flexibility index (Phi) is 6.02. The van der Waals surface area contributed by atoms with Crippen LogP contribution in [0.4, 0.5) is 5.69 Å². The molecule has 0 spiro atoms. The number of para-hydroxylation sites is 1. The Labute approximate surface area is 169 Å². The standard InChI is InChI=1S/C21H18ClNO4S/c1-16-10-12-20(13-11-16)28(25,26)23(18-7-5-6-17(22)14-18)15-21(24)27-19-8-3-2-4-9-19/h2-14H,15H2,1H3. The number of carbonyl (C=O) groups excluding carboxylic acids is 1. The summed E-state index contributed by atoms with van der Waals surface area (Å²) in [6.07, 6.45) is 0. The van der Waals surface area contributed by atoms with Gasteiger partial charge in [0.15, 0.2) is 0 Å². The summed E-state index contributed by atoms with van der Waals surface area (Å²) < 4.78 is 32.7. The molecule has 0 atom stereocenters. The maximum Gasteiger partial charge on any atom is 0.332 e. The first-order chi connectivity index (χ1) is 13.4. The van der Waals surface area contributed by atoms with Crippen molar-refractivity contribution in [3.63, 3.8) is 0 Å². The van der Waals surface area contributed by atoms with E-state index >= 15 is 0 Å². The lowest BCUT2D eigenvalue weighted by molar-refractivity contribution is -0.132. The first-order valence-electron chi connectivity index (χ1n) is 8.47. The second-order valence-electron chi connectivity index (χ2n) is 6.09. The summed E-state index contributed by atoms with van der Waals surface area (Å²) in [4.78, 5) is 12.5. The molecule has 28 heavy (non-hydrogen) atoms. The molecule has 3 aromatic rings. The van der Waals surface area contributed by atoms with Crippen molar-refractivity contribution in [2.75, 3.05) is 10.8 Å². The van der Waals surface area contributed by atoms with E-state index in [1.54, 1.807) is 60.7 Å². The minimum atomic E-state index is -4.00. The van der Waals surface area contributed by atoms with Gasteiger partial charge in [-0.3, -0.25) is 4.31 Å². The third-order valence-electron chi connectivity index (χ3n) is 3.95. The molecule has 0 saturated carbocycles. The number of ether oxygens (including phenoxy) is 1. The molecule has 0 heterocycles.